The molecule has 1 aromatic heterocycles. The van der Waals surface area contributed by atoms with Crippen LogP contribution in [0.25, 0.3) is 0 Å². The van der Waals surface area contributed by atoms with Crippen LogP contribution in [0.2, 0.25) is 0 Å². The van der Waals surface area contributed by atoms with E-state index in [4.69, 9.17) is 4.42 Å². The molecule has 0 aromatic carbocycles. The summed E-state index contributed by atoms with van der Waals surface area (Å²) in [6, 6.07) is 2.94. The maximum absolute atomic E-state index is 5.43. The molecule has 2 fully saturated rings. The molecule has 0 spiro atoms. The monoisotopic (exact) mass is 290 g/mol. The number of hydrogen-bond acceptors (Lipinski definition) is 3. The summed E-state index contributed by atoms with van der Waals surface area (Å²) in [6.45, 7) is 5.49. The van der Waals surface area contributed by atoms with Crippen LogP contribution in [0.4, 0.5) is 0 Å². The van der Waals surface area contributed by atoms with Crippen molar-refractivity contribution in [3.63, 3.8) is 0 Å². The van der Waals surface area contributed by atoms with Gasteiger partial charge in [-0.25, -0.2) is 0 Å². The predicted octanol–water partition coefficient (Wildman–Crippen LogP) is 3.72. The quantitative estimate of drug-likeness (QED) is 0.829. The molecule has 2 aliphatic rings. The molecule has 118 valence electrons. The van der Waals surface area contributed by atoms with Crippen LogP contribution in [0.3, 0.4) is 0 Å². The average Bonchev–Trinajstić information content (AvgIpc) is 3.22. The summed E-state index contributed by atoms with van der Waals surface area (Å²) in [5, 5.41) is 3.80. The first-order valence-corrected chi connectivity index (χ1v) is 8.62. The van der Waals surface area contributed by atoms with Gasteiger partial charge in [-0.3, -0.25) is 0 Å². The first kappa shape index (κ1) is 15.1. The second kappa shape index (κ2) is 6.53. The average molecular weight is 290 g/mol. The van der Waals surface area contributed by atoms with Gasteiger partial charge in [0, 0.05) is 31.2 Å². The summed E-state index contributed by atoms with van der Waals surface area (Å²) in [5.41, 5.74) is 1.83. The van der Waals surface area contributed by atoms with Crippen LogP contribution in [0.15, 0.2) is 16.7 Å². The van der Waals surface area contributed by atoms with Gasteiger partial charge >= 0.3 is 0 Å². The van der Waals surface area contributed by atoms with Crippen LogP contribution in [-0.2, 0) is 6.54 Å². The molecule has 0 bridgehead atoms. The van der Waals surface area contributed by atoms with Gasteiger partial charge < -0.3 is 14.6 Å². The lowest BCUT2D eigenvalue weighted by molar-refractivity contribution is 0.113. The van der Waals surface area contributed by atoms with E-state index in [2.05, 4.69) is 30.3 Å². The summed E-state index contributed by atoms with van der Waals surface area (Å²) >= 11 is 0. The van der Waals surface area contributed by atoms with Crippen molar-refractivity contribution in [1.29, 1.82) is 0 Å². The van der Waals surface area contributed by atoms with Crippen LogP contribution in [0.5, 0.6) is 0 Å². The Morgan fingerprint density at radius 3 is 2.67 bits per heavy atom. The van der Waals surface area contributed by atoms with E-state index in [1.54, 1.807) is 0 Å². The van der Waals surface area contributed by atoms with Crippen molar-refractivity contribution in [3.05, 3.63) is 23.7 Å². The molecular weight excluding hydrogens is 260 g/mol. The highest BCUT2D eigenvalue weighted by atomic mass is 16.3. The van der Waals surface area contributed by atoms with Gasteiger partial charge in [0.1, 0.15) is 5.76 Å². The first-order valence-electron chi connectivity index (χ1n) is 8.62. The Morgan fingerprint density at radius 1 is 1.29 bits per heavy atom. The second-order valence-electron chi connectivity index (χ2n) is 7.39. The highest BCUT2D eigenvalue weighted by molar-refractivity contribution is 5.15. The fourth-order valence-corrected chi connectivity index (χ4v) is 3.84. The van der Waals surface area contributed by atoms with Gasteiger partial charge in [0.15, 0.2) is 0 Å². The fraction of sp³-hybridized carbons (Fsp3) is 0.778. The molecule has 0 aliphatic heterocycles. The summed E-state index contributed by atoms with van der Waals surface area (Å²) < 4.78 is 5.43. The lowest BCUT2D eigenvalue weighted by Crippen LogP contribution is -2.44. The highest BCUT2D eigenvalue weighted by Gasteiger charge is 2.35. The highest BCUT2D eigenvalue weighted by Crippen LogP contribution is 2.37. The van der Waals surface area contributed by atoms with Crippen molar-refractivity contribution >= 4 is 0 Å². The van der Waals surface area contributed by atoms with Gasteiger partial charge in [-0.2, -0.15) is 0 Å². The summed E-state index contributed by atoms with van der Waals surface area (Å²) in [7, 11) is 2.26. The van der Waals surface area contributed by atoms with Crippen LogP contribution >= 0.6 is 0 Å². The first-order chi connectivity index (χ1) is 10.2. The molecular formula is C18H30N2O. The fourth-order valence-electron chi connectivity index (χ4n) is 3.84. The molecule has 3 rings (SSSR count). The molecule has 2 saturated carbocycles. The van der Waals surface area contributed by atoms with E-state index < -0.39 is 0 Å². The van der Waals surface area contributed by atoms with E-state index in [0.717, 1.165) is 18.3 Å². The molecule has 1 heterocycles. The predicted molar refractivity (Wildman–Crippen MR) is 86.3 cm³/mol. The molecule has 1 N–H and O–H groups in total. The van der Waals surface area contributed by atoms with Crippen molar-refractivity contribution in [1.82, 2.24) is 10.2 Å². The normalized spacial score (nSPS) is 21.9. The summed E-state index contributed by atoms with van der Waals surface area (Å²) in [6.07, 6.45) is 11.6. The molecule has 0 amide bonds. The molecule has 1 aromatic rings. The van der Waals surface area contributed by atoms with Gasteiger partial charge in [0.2, 0.25) is 0 Å². The molecule has 3 nitrogen and oxygen atoms in total. The number of furan rings is 1. The SMILES string of the molecule is Cc1occc1CN(C)CC1(CNC2CC2)CCCCC1. The molecule has 21 heavy (non-hydrogen) atoms. The molecule has 0 saturated heterocycles. The van der Waals surface area contributed by atoms with Crippen molar-refractivity contribution in [2.24, 2.45) is 5.41 Å². The minimum atomic E-state index is 0.493. The smallest absolute Gasteiger partial charge is 0.105 e. The molecule has 3 heteroatoms. The number of rotatable bonds is 7. The number of nitrogens with zero attached hydrogens (tertiary/aromatic N) is 1. The van der Waals surface area contributed by atoms with E-state index in [-0.39, 0.29) is 0 Å². The van der Waals surface area contributed by atoms with E-state index in [0.29, 0.717) is 5.41 Å². The van der Waals surface area contributed by atoms with E-state index in [9.17, 15) is 0 Å². The third kappa shape index (κ3) is 4.10. The molecule has 2 aliphatic carbocycles. The Bertz CT molecular complexity index is 444. The third-order valence-electron chi connectivity index (χ3n) is 5.27. The number of nitrogens with one attached hydrogen (secondary N) is 1. The standard InChI is InChI=1S/C18H30N2O/c1-15-16(8-11-21-15)12-20(2)14-18(9-4-3-5-10-18)13-19-17-6-7-17/h8,11,17,19H,3-7,9-10,12-14H2,1-2H3. The Hall–Kier alpha value is -0.800. The largest absolute Gasteiger partial charge is 0.469 e. The molecule has 0 radical (unpaired) electrons. The van der Waals surface area contributed by atoms with Crippen LogP contribution < -0.4 is 5.32 Å². The topological polar surface area (TPSA) is 28.4 Å². The van der Waals surface area contributed by atoms with Crippen molar-refractivity contribution in [2.75, 3.05) is 20.1 Å². The Labute approximate surface area is 129 Å². The maximum Gasteiger partial charge on any atom is 0.105 e. The zero-order valence-electron chi connectivity index (χ0n) is 13.7. The number of aryl methyl sites for hydroxylation is 1. The molecule has 0 atom stereocenters. The zero-order chi connectivity index (χ0) is 14.7. The van der Waals surface area contributed by atoms with Crippen molar-refractivity contribution in [2.45, 2.75) is 64.5 Å². The zero-order valence-corrected chi connectivity index (χ0v) is 13.7. The van der Waals surface area contributed by atoms with Crippen LogP contribution in [0.1, 0.15) is 56.3 Å². The lowest BCUT2D eigenvalue weighted by atomic mass is 9.73. The Balaban J connectivity index is 1.58. The minimum absolute atomic E-state index is 0.493. The van der Waals surface area contributed by atoms with Crippen molar-refractivity contribution < 1.29 is 4.42 Å². The van der Waals surface area contributed by atoms with Gasteiger partial charge in [-0.1, -0.05) is 19.3 Å². The second-order valence-corrected chi connectivity index (χ2v) is 7.39. The van der Waals surface area contributed by atoms with Crippen LogP contribution in [0, 0.1) is 12.3 Å². The van der Waals surface area contributed by atoms with Gasteiger partial charge in [0.05, 0.1) is 6.26 Å². The molecule has 0 unspecified atom stereocenters. The van der Waals surface area contributed by atoms with E-state index in [1.807, 2.05) is 6.26 Å². The Kier molecular flexibility index (Phi) is 4.70. The van der Waals surface area contributed by atoms with E-state index in [1.165, 1.54) is 63.6 Å². The Morgan fingerprint density at radius 2 is 2.05 bits per heavy atom. The number of hydrogen-bond donors (Lipinski definition) is 1. The van der Waals surface area contributed by atoms with Gasteiger partial charge in [-0.05, 0) is 51.1 Å². The van der Waals surface area contributed by atoms with Crippen molar-refractivity contribution in [3.8, 4) is 0 Å². The minimum Gasteiger partial charge on any atom is -0.469 e. The van der Waals surface area contributed by atoms with E-state index >= 15 is 0 Å². The van der Waals surface area contributed by atoms with Crippen LogP contribution in [-0.4, -0.2) is 31.1 Å². The summed E-state index contributed by atoms with van der Waals surface area (Å²) in [4.78, 5) is 2.50. The van der Waals surface area contributed by atoms with Gasteiger partial charge in [0.25, 0.3) is 0 Å². The third-order valence-corrected chi connectivity index (χ3v) is 5.27. The summed E-state index contributed by atoms with van der Waals surface area (Å²) in [5.74, 6) is 1.07. The van der Waals surface area contributed by atoms with Gasteiger partial charge in [-0.15, -0.1) is 0 Å². The maximum atomic E-state index is 5.43. The lowest BCUT2D eigenvalue weighted by Gasteiger charge is -2.40.